The summed E-state index contributed by atoms with van der Waals surface area (Å²) >= 11 is 0. The SMILES string of the molecule is N[C@H]1CCOc2c1cccc2C(F)(F)F. The molecule has 82 valence electrons. The molecule has 0 fully saturated rings. The van der Waals surface area contributed by atoms with Crippen LogP contribution in [0.5, 0.6) is 5.75 Å². The fraction of sp³-hybridized carbons (Fsp3) is 0.400. The second-order valence-corrected chi connectivity index (χ2v) is 3.47. The fourth-order valence-corrected chi connectivity index (χ4v) is 1.67. The van der Waals surface area contributed by atoms with Crippen LogP contribution in [0.15, 0.2) is 18.2 Å². The molecule has 0 aromatic heterocycles. The Balaban J connectivity index is 2.54. The topological polar surface area (TPSA) is 35.2 Å². The summed E-state index contributed by atoms with van der Waals surface area (Å²) < 4.78 is 42.8. The number of benzene rings is 1. The summed E-state index contributed by atoms with van der Waals surface area (Å²) in [5.74, 6) is -0.108. The number of fused-ring (bicyclic) bond motifs is 1. The Morgan fingerprint density at radius 1 is 1.33 bits per heavy atom. The van der Waals surface area contributed by atoms with Gasteiger partial charge in [-0.05, 0) is 6.07 Å². The standard InChI is InChI=1S/C10H10F3NO/c11-10(12,13)7-3-1-2-6-8(14)4-5-15-9(6)7/h1-3,8H,4-5,14H2/t8-/m0/s1. The Kier molecular flexibility index (Phi) is 2.34. The minimum absolute atomic E-state index is 0.108. The third kappa shape index (κ3) is 1.79. The van der Waals surface area contributed by atoms with Gasteiger partial charge in [0.15, 0.2) is 0 Å². The monoisotopic (exact) mass is 217 g/mol. The van der Waals surface area contributed by atoms with Crippen LogP contribution < -0.4 is 10.5 Å². The highest BCUT2D eigenvalue weighted by atomic mass is 19.4. The lowest BCUT2D eigenvalue weighted by atomic mass is 9.98. The summed E-state index contributed by atoms with van der Waals surface area (Å²) in [7, 11) is 0. The molecule has 0 radical (unpaired) electrons. The Bertz CT molecular complexity index is 375. The number of ether oxygens (including phenoxy) is 1. The number of para-hydroxylation sites is 1. The van der Waals surface area contributed by atoms with Crippen molar-refractivity contribution >= 4 is 0 Å². The van der Waals surface area contributed by atoms with E-state index in [9.17, 15) is 13.2 Å². The summed E-state index contributed by atoms with van der Waals surface area (Å²) in [6.07, 6.45) is -3.84. The minimum atomic E-state index is -4.39. The summed E-state index contributed by atoms with van der Waals surface area (Å²) in [6.45, 7) is 0.237. The van der Waals surface area contributed by atoms with Gasteiger partial charge in [0.1, 0.15) is 5.75 Å². The molecule has 0 saturated heterocycles. The van der Waals surface area contributed by atoms with E-state index in [2.05, 4.69) is 0 Å². The van der Waals surface area contributed by atoms with Crippen LogP contribution in [0.2, 0.25) is 0 Å². The van der Waals surface area contributed by atoms with E-state index in [0.29, 0.717) is 12.0 Å². The first kappa shape index (κ1) is 10.3. The zero-order valence-corrected chi connectivity index (χ0v) is 7.84. The summed E-state index contributed by atoms with van der Waals surface area (Å²) in [5.41, 5.74) is 5.41. The Morgan fingerprint density at radius 3 is 2.73 bits per heavy atom. The van der Waals surface area contributed by atoms with Gasteiger partial charge in [-0.3, -0.25) is 0 Å². The highest BCUT2D eigenvalue weighted by molar-refractivity contribution is 5.45. The lowest BCUT2D eigenvalue weighted by Crippen LogP contribution is -2.23. The molecular formula is C10H10F3NO. The van der Waals surface area contributed by atoms with Crippen LogP contribution in [0, 0.1) is 0 Å². The van der Waals surface area contributed by atoms with E-state index in [0.717, 1.165) is 6.07 Å². The van der Waals surface area contributed by atoms with Crippen molar-refractivity contribution in [1.82, 2.24) is 0 Å². The van der Waals surface area contributed by atoms with Crippen LogP contribution in [0.3, 0.4) is 0 Å². The van der Waals surface area contributed by atoms with Gasteiger partial charge in [-0.1, -0.05) is 12.1 Å². The van der Waals surface area contributed by atoms with Crippen molar-refractivity contribution in [3.63, 3.8) is 0 Å². The van der Waals surface area contributed by atoms with Crippen LogP contribution in [0.25, 0.3) is 0 Å². The van der Waals surface area contributed by atoms with E-state index in [1.165, 1.54) is 6.07 Å². The largest absolute Gasteiger partial charge is 0.493 e. The van der Waals surface area contributed by atoms with Crippen molar-refractivity contribution in [3.8, 4) is 5.75 Å². The van der Waals surface area contributed by atoms with Crippen molar-refractivity contribution in [2.45, 2.75) is 18.6 Å². The molecule has 0 aliphatic carbocycles. The highest BCUT2D eigenvalue weighted by Gasteiger charge is 2.36. The third-order valence-electron chi connectivity index (χ3n) is 2.43. The first-order valence-electron chi connectivity index (χ1n) is 4.58. The van der Waals surface area contributed by atoms with Crippen LogP contribution in [-0.2, 0) is 6.18 Å². The van der Waals surface area contributed by atoms with Crippen molar-refractivity contribution in [2.24, 2.45) is 5.73 Å². The summed E-state index contributed by atoms with van der Waals surface area (Å²) in [5, 5.41) is 0. The zero-order chi connectivity index (χ0) is 11.1. The number of hydrogen-bond donors (Lipinski definition) is 1. The maximum atomic E-state index is 12.6. The van der Waals surface area contributed by atoms with Gasteiger partial charge in [0, 0.05) is 18.0 Å². The fourth-order valence-electron chi connectivity index (χ4n) is 1.67. The number of hydrogen-bond acceptors (Lipinski definition) is 2. The quantitative estimate of drug-likeness (QED) is 0.724. The van der Waals surface area contributed by atoms with Crippen molar-refractivity contribution in [1.29, 1.82) is 0 Å². The molecule has 1 atom stereocenters. The van der Waals surface area contributed by atoms with Crippen LogP contribution >= 0.6 is 0 Å². The molecule has 0 amide bonds. The number of nitrogens with two attached hydrogens (primary N) is 1. The average Bonchev–Trinajstić information content (AvgIpc) is 2.16. The maximum Gasteiger partial charge on any atom is 0.419 e. The molecule has 1 aromatic carbocycles. The van der Waals surface area contributed by atoms with E-state index < -0.39 is 11.7 Å². The Labute approximate surface area is 84.8 Å². The van der Waals surface area contributed by atoms with Crippen molar-refractivity contribution in [3.05, 3.63) is 29.3 Å². The van der Waals surface area contributed by atoms with E-state index >= 15 is 0 Å². The van der Waals surface area contributed by atoms with Gasteiger partial charge >= 0.3 is 6.18 Å². The number of halogens is 3. The van der Waals surface area contributed by atoms with Gasteiger partial charge in [0.05, 0.1) is 12.2 Å². The number of rotatable bonds is 0. The van der Waals surface area contributed by atoms with E-state index in [1.54, 1.807) is 6.07 Å². The molecule has 0 bridgehead atoms. The lowest BCUT2D eigenvalue weighted by molar-refractivity contribution is -0.139. The molecule has 1 heterocycles. The second-order valence-electron chi connectivity index (χ2n) is 3.47. The molecule has 15 heavy (non-hydrogen) atoms. The van der Waals surface area contributed by atoms with Crippen LogP contribution in [0.4, 0.5) is 13.2 Å². The minimum Gasteiger partial charge on any atom is -0.493 e. The predicted octanol–water partition coefficient (Wildman–Crippen LogP) is 2.49. The molecule has 1 aliphatic heterocycles. The van der Waals surface area contributed by atoms with E-state index in [-0.39, 0.29) is 18.4 Å². The molecule has 5 heteroatoms. The van der Waals surface area contributed by atoms with Crippen molar-refractivity contribution in [2.75, 3.05) is 6.61 Å². The Hall–Kier alpha value is -1.23. The molecule has 2 nitrogen and oxygen atoms in total. The van der Waals surface area contributed by atoms with Gasteiger partial charge in [-0.2, -0.15) is 13.2 Å². The van der Waals surface area contributed by atoms with Gasteiger partial charge in [0.25, 0.3) is 0 Å². The molecule has 0 saturated carbocycles. The smallest absolute Gasteiger partial charge is 0.419 e. The summed E-state index contributed by atoms with van der Waals surface area (Å²) in [4.78, 5) is 0. The number of alkyl halides is 3. The second kappa shape index (κ2) is 3.41. The Morgan fingerprint density at radius 2 is 2.07 bits per heavy atom. The van der Waals surface area contributed by atoms with E-state index in [4.69, 9.17) is 10.5 Å². The van der Waals surface area contributed by atoms with Gasteiger partial charge in [-0.25, -0.2) is 0 Å². The summed E-state index contributed by atoms with van der Waals surface area (Å²) in [6, 6.07) is 3.58. The molecule has 2 rings (SSSR count). The molecule has 2 N–H and O–H groups in total. The normalized spacial score (nSPS) is 20.7. The maximum absolute atomic E-state index is 12.6. The predicted molar refractivity (Wildman–Crippen MR) is 48.5 cm³/mol. The van der Waals surface area contributed by atoms with Crippen LogP contribution in [-0.4, -0.2) is 6.61 Å². The highest BCUT2D eigenvalue weighted by Crippen LogP contribution is 2.41. The van der Waals surface area contributed by atoms with Crippen LogP contribution in [0.1, 0.15) is 23.6 Å². The molecule has 1 aliphatic rings. The zero-order valence-electron chi connectivity index (χ0n) is 7.84. The molecule has 1 aromatic rings. The van der Waals surface area contributed by atoms with Gasteiger partial charge in [0.2, 0.25) is 0 Å². The molecule has 0 unspecified atom stereocenters. The first-order valence-corrected chi connectivity index (χ1v) is 4.58. The van der Waals surface area contributed by atoms with Crippen molar-refractivity contribution < 1.29 is 17.9 Å². The molecule has 0 spiro atoms. The van der Waals surface area contributed by atoms with Gasteiger partial charge < -0.3 is 10.5 Å². The first-order chi connectivity index (χ1) is 7.00. The average molecular weight is 217 g/mol. The molecular weight excluding hydrogens is 207 g/mol. The van der Waals surface area contributed by atoms with Gasteiger partial charge in [-0.15, -0.1) is 0 Å². The van der Waals surface area contributed by atoms with E-state index in [1.807, 2.05) is 0 Å². The third-order valence-corrected chi connectivity index (χ3v) is 2.43. The lowest BCUT2D eigenvalue weighted by Gasteiger charge is -2.25.